The Morgan fingerprint density at radius 1 is 1.36 bits per heavy atom. The van der Waals surface area contributed by atoms with Gasteiger partial charge in [-0.1, -0.05) is 26.0 Å². The first-order valence-electron chi connectivity index (χ1n) is 4.38. The molecule has 64 valence electrons. The highest BCUT2D eigenvalue weighted by molar-refractivity contribution is 5.08. The third kappa shape index (κ3) is 7.17. The van der Waals surface area contributed by atoms with E-state index in [1.165, 1.54) is 12.1 Å². The zero-order valence-corrected chi connectivity index (χ0v) is 7.85. The molecule has 1 N–H and O–H groups in total. The summed E-state index contributed by atoms with van der Waals surface area (Å²) in [6.07, 6.45) is 8.65. The monoisotopic (exact) mass is 153 g/mol. The molecular weight excluding hydrogens is 134 g/mol. The molecule has 0 aromatic heterocycles. The first kappa shape index (κ1) is 10.3. The zero-order valence-electron chi connectivity index (χ0n) is 7.85. The van der Waals surface area contributed by atoms with Crippen molar-refractivity contribution in [2.75, 3.05) is 6.54 Å². The average Bonchev–Trinajstić information content (AvgIpc) is 2.01. The van der Waals surface area contributed by atoms with E-state index in [-0.39, 0.29) is 0 Å². The summed E-state index contributed by atoms with van der Waals surface area (Å²) in [5.41, 5.74) is 1.25. The molecule has 11 heavy (non-hydrogen) atoms. The second kappa shape index (κ2) is 7.39. The molecule has 0 aliphatic heterocycles. The summed E-state index contributed by atoms with van der Waals surface area (Å²) in [7, 11) is 0. The summed E-state index contributed by atoms with van der Waals surface area (Å²) >= 11 is 0. The Morgan fingerprint density at radius 3 is 2.64 bits per heavy atom. The smallest absolute Gasteiger partial charge is 0.0141 e. The van der Waals surface area contributed by atoms with Gasteiger partial charge in [0.05, 0.1) is 0 Å². The van der Waals surface area contributed by atoms with Crippen LogP contribution in [0.1, 0.15) is 33.6 Å². The van der Waals surface area contributed by atoms with Crippen LogP contribution in [-0.4, -0.2) is 6.54 Å². The second-order valence-electron chi connectivity index (χ2n) is 2.61. The van der Waals surface area contributed by atoms with Crippen LogP contribution in [-0.2, 0) is 0 Å². The molecule has 0 amide bonds. The number of rotatable bonds is 5. The summed E-state index contributed by atoms with van der Waals surface area (Å²) in [5.74, 6) is 0. The van der Waals surface area contributed by atoms with Gasteiger partial charge in [0.1, 0.15) is 0 Å². The third-order valence-electron chi connectivity index (χ3n) is 1.37. The van der Waals surface area contributed by atoms with Crippen LogP contribution in [0, 0.1) is 0 Å². The van der Waals surface area contributed by atoms with E-state index in [4.69, 9.17) is 0 Å². The topological polar surface area (TPSA) is 12.0 Å². The molecule has 0 radical (unpaired) electrons. The standard InChI is InChI=1S/C10H19N/c1-4-6-7-8-10(3)11-9-5-2/h6-8,11H,4-5,9H2,1-3H3/b7-6-,10-8+. The van der Waals surface area contributed by atoms with Crippen molar-refractivity contribution in [1.82, 2.24) is 5.32 Å². The summed E-state index contributed by atoms with van der Waals surface area (Å²) in [5, 5.41) is 3.30. The van der Waals surface area contributed by atoms with E-state index >= 15 is 0 Å². The fourth-order valence-corrected chi connectivity index (χ4v) is 0.730. The van der Waals surface area contributed by atoms with E-state index in [2.05, 4.69) is 44.3 Å². The Morgan fingerprint density at radius 2 is 2.09 bits per heavy atom. The lowest BCUT2D eigenvalue weighted by molar-refractivity contribution is 0.770. The fourth-order valence-electron chi connectivity index (χ4n) is 0.730. The highest BCUT2D eigenvalue weighted by Crippen LogP contribution is 1.89. The van der Waals surface area contributed by atoms with Gasteiger partial charge in [-0.05, 0) is 25.8 Å². The Labute approximate surface area is 70.2 Å². The van der Waals surface area contributed by atoms with Crippen LogP contribution in [0.2, 0.25) is 0 Å². The van der Waals surface area contributed by atoms with Crippen molar-refractivity contribution in [3.05, 3.63) is 23.9 Å². The molecule has 0 saturated heterocycles. The van der Waals surface area contributed by atoms with Crippen molar-refractivity contribution >= 4 is 0 Å². The van der Waals surface area contributed by atoms with Crippen LogP contribution < -0.4 is 5.32 Å². The summed E-state index contributed by atoms with van der Waals surface area (Å²) in [4.78, 5) is 0. The number of allylic oxidation sites excluding steroid dienone is 4. The summed E-state index contributed by atoms with van der Waals surface area (Å²) < 4.78 is 0. The van der Waals surface area contributed by atoms with Crippen molar-refractivity contribution in [2.24, 2.45) is 0 Å². The van der Waals surface area contributed by atoms with Crippen LogP contribution in [0.15, 0.2) is 23.9 Å². The van der Waals surface area contributed by atoms with Crippen LogP contribution in [0.3, 0.4) is 0 Å². The van der Waals surface area contributed by atoms with E-state index in [9.17, 15) is 0 Å². The predicted molar refractivity (Wildman–Crippen MR) is 51.5 cm³/mol. The minimum absolute atomic E-state index is 1.07. The van der Waals surface area contributed by atoms with Crippen molar-refractivity contribution in [1.29, 1.82) is 0 Å². The van der Waals surface area contributed by atoms with E-state index in [1.807, 2.05) is 0 Å². The van der Waals surface area contributed by atoms with Crippen molar-refractivity contribution in [2.45, 2.75) is 33.6 Å². The van der Waals surface area contributed by atoms with Gasteiger partial charge in [0.25, 0.3) is 0 Å². The number of hydrogen-bond acceptors (Lipinski definition) is 1. The van der Waals surface area contributed by atoms with Gasteiger partial charge >= 0.3 is 0 Å². The van der Waals surface area contributed by atoms with Crippen molar-refractivity contribution in [3.63, 3.8) is 0 Å². The molecule has 0 unspecified atom stereocenters. The van der Waals surface area contributed by atoms with Crippen LogP contribution in [0.4, 0.5) is 0 Å². The van der Waals surface area contributed by atoms with Gasteiger partial charge in [0.15, 0.2) is 0 Å². The lowest BCUT2D eigenvalue weighted by Crippen LogP contribution is -2.10. The van der Waals surface area contributed by atoms with E-state index < -0.39 is 0 Å². The van der Waals surface area contributed by atoms with Crippen LogP contribution in [0.25, 0.3) is 0 Å². The third-order valence-corrected chi connectivity index (χ3v) is 1.37. The molecule has 0 aliphatic carbocycles. The minimum Gasteiger partial charge on any atom is -0.389 e. The normalized spacial score (nSPS) is 12.5. The molecule has 0 saturated carbocycles. The van der Waals surface area contributed by atoms with Gasteiger partial charge in [-0.25, -0.2) is 0 Å². The van der Waals surface area contributed by atoms with E-state index in [0.29, 0.717) is 0 Å². The maximum atomic E-state index is 3.30. The average molecular weight is 153 g/mol. The second-order valence-corrected chi connectivity index (χ2v) is 2.61. The number of nitrogens with one attached hydrogen (secondary N) is 1. The molecule has 0 fully saturated rings. The van der Waals surface area contributed by atoms with E-state index in [0.717, 1.165) is 13.0 Å². The summed E-state index contributed by atoms with van der Waals surface area (Å²) in [6, 6.07) is 0. The Kier molecular flexibility index (Phi) is 6.90. The molecule has 1 nitrogen and oxygen atoms in total. The molecule has 0 aromatic carbocycles. The SMILES string of the molecule is CC/C=C\C=C(/C)NCCC. The van der Waals surface area contributed by atoms with Gasteiger partial charge in [0.2, 0.25) is 0 Å². The highest BCUT2D eigenvalue weighted by atomic mass is 14.9. The molecule has 0 rings (SSSR count). The lowest BCUT2D eigenvalue weighted by atomic mass is 10.3. The first-order chi connectivity index (χ1) is 5.31. The van der Waals surface area contributed by atoms with Gasteiger partial charge in [0, 0.05) is 12.2 Å². The van der Waals surface area contributed by atoms with Gasteiger partial charge in [-0.3, -0.25) is 0 Å². The van der Waals surface area contributed by atoms with Crippen LogP contribution >= 0.6 is 0 Å². The highest BCUT2D eigenvalue weighted by Gasteiger charge is 1.81. The maximum absolute atomic E-state index is 3.30. The van der Waals surface area contributed by atoms with Gasteiger partial charge < -0.3 is 5.32 Å². The van der Waals surface area contributed by atoms with Crippen molar-refractivity contribution < 1.29 is 0 Å². The number of hydrogen-bond donors (Lipinski definition) is 1. The molecule has 0 spiro atoms. The Hall–Kier alpha value is -0.720. The molecule has 0 aliphatic rings. The first-order valence-corrected chi connectivity index (χ1v) is 4.38. The molecule has 0 atom stereocenters. The minimum atomic E-state index is 1.07. The quantitative estimate of drug-likeness (QED) is 0.599. The predicted octanol–water partition coefficient (Wildman–Crippen LogP) is 2.86. The Bertz CT molecular complexity index is 134. The van der Waals surface area contributed by atoms with E-state index in [1.54, 1.807) is 0 Å². The van der Waals surface area contributed by atoms with Gasteiger partial charge in [-0.2, -0.15) is 0 Å². The molecule has 0 bridgehead atoms. The molecule has 1 heteroatoms. The van der Waals surface area contributed by atoms with Gasteiger partial charge in [-0.15, -0.1) is 0 Å². The lowest BCUT2D eigenvalue weighted by Gasteiger charge is -2.01. The van der Waals surface area contributed by atoms with Crippen molar-refractivity contribution in [3.8, 4) is 0 Å². The zero-order chi connectivity index (χ0) is 8.53. The maximum Gasteiger partial charge on any atom is 0.0141 e. The Balaban J connectivity index is 3.53. The van der Waals surface area contributed by atoms with Crippen LogP contribution in [0.5, 0.6) is 0 Å². The summed E-state index contributed by atoms with van der Waals surface area (Å²) in [6.45, 7) is 7.47. The fraction of sp³-hybridized carbons (Fsp3) is 0.600. The molecule has 0 heterocycles. The largest absolute Gasteiger partial charge is 0.389 e. The molecule has 0 aromatic rings. The molecular formula is C10H19N.